The van der Waals surface area contributed by atoms with E-state index in [2.05, 4.69) is 5.32 Å². The van der Waals surface area contributed by atoms with Gasteiger partial charge in [-0.3, -0.25) is 14.2 Å². The first kappa shape index (κ1) is 20.0. The van der Waals surface area contributed by atoms with E-state index < -0.39 is 17.5 Å². The van der Waals surface area contributed by atoms with Crippen molar-refractivity contribution >= 4 is 34.8 Å². The van der Waals surface area contributed by atoms with Crippen LogP contribution < -0.4 is 10.9 Å². The van der Waals surface area contributed by atoms with Gasteiger partial charge in [0.05, 0.1) is 17.3 Å². The maximum atomic E-state index is 12.7. The van der Waals surface area contributed by atoms with E-state index in [1.165, 1.54) is 17.7 Å². The van der Waals surface area contributed by atoms with Crippen LogP contribution in [-0.2, 0) is 16.1 Å². The Morgan fingerprint density at radius 2 is 2.08 bits per heavy atom. The molecule has 0 aliphatic heterocycles. The number of methoxy groups -OCH3 is 1. The summed E-state index contributed by atoms with van der Waals surface area (Å²) in [6.07, 6.45) is 0. The van der Waals surface area contributed by atoms with Crippen LogP contribution in [0.2, 0.25) is 10.0 Å². The van der Waals surface area contributed by atoms with E-state index in [0.717, 1.165) is 0 Å². The molecule has 1 atom stereocenters. The first-order chi connectivity index (χ1) is 12.3. The van der Waals surface area contributed by atoms with Crippen LogP contribution in [0.15, 0.2) is 29.1 Å². The molecule has 0 fully saturated rings. The lowest BCUT2D eigenvalue weighted by atomic mass is 10.1. The largest absolute Gasteiger partial charge is 0.380 e. The number of benzene rings is 1. The molecule has 1 N–H and O–H groups in total. The molecule has 8 heteroatoms. The number of hydrogen-bond acceptors (Lipinski definition) is 4. The van der Waals surface area contributed by atoms with E-state index in [9.17, 15) is 14.9 Å². The number of nitrogens with one attached hydrogen (secondary N) is 1. The van der Waals surface area contributed by atoms with E-state index in [-0.39, 0.29) is 12.2 Å². The molecular formula is C18H17Cl2N3O3. The Balaban J connectivity index is 2.41. The van der Waals surface area contributed by atoms with E-state index >= 15 is 0 Å². The highest BCUT2D eigenvalue weighted by atomic mass is 35.5. The summed E-state index contributed by atoms with van der Waals surface area (Å²) < 4.78 is 6.30. The van der Waals surface area contributed by atoms with Crippen molar-refractivity contribution in [2.45, 2.75) is 26.5 Å². The fourth-order valence-electron chi connectivity index (χ4n) is 2.63. The number of nitriles is 1. The average Bonchev–Trinajstić information content (AvgIpc) is 2.58. The highest BCUT2D eigenvalue weighted by Crippen LogP contribution is 2.26. The van der Waals surface area contributed by atoms with Crippen LogP contribution in [0.25, 0.3) is 0 Å². The summed E-state index contributed by atoms with van der Waals surface area (Å²) in [6, 6.07) is 7.39. The molecule has 0 radical (unpaired) electrons. The number of aromatic nitrogens is 1. The van der Waals surface area contributed by atoms with Crippen molar-refractivity contribution in [3.05, 3.63) is 61.5 Å². The molecule has 0 saturated carbocycles. The number of carbonyl (C=O) groups excluding carboxylic acids is 1. The fourth-order valence-corrected chi connectivity index (χ4v) is 2.97. The Labute approximate surface area is 160 Å². The van der Waals surface area contributed by atoms with Gasteiger partial charge in [-0.05, 0) is 38.1 Å². The molecule has 2 rings (SSSR count). The minimum atomic E-state index is -0.860. The molecular weight excluding hydrogens is 377 g/mol. The van der Waals surface area contributed by atoms with Gasteiger partial charge in [0, 0.05) is 23.4 Å². The second-order valence-corrected chi connectivity index (χ2v) is 6.54. The third-order valence-electron chi connectivity index (χ3n) is 3.88. The molecule has 1 aromatic carbocycles. The predicted octanol–water partition coefficient (Wildman–Crippen LogP) is 3.68. The first-order valence-corrected chi connectivity index (χ1v) is 8.45. The number of ether oxygens (including phenoxy) is 1. The second kappa shape index (κ2) is 8.37. The molecule has 0 saturated heterocycles. The van der Waals surface area contributed by atoms with Gasteiger partial charge in [-0.1, -0.05) is 23.2 Å². The maximum Gasteiger partial charge on any atom is 0.269 e. The quantitative estimate of drug-likeness (QED) is 0.839. The molecule has 1 heterocycles. The smallest absolute Gasteiger partial charge is 0.269 e. The van der Waals surface area contributed by atoms with Crippen LogP contribution in [0.5, 0.6) is 0 Å². The average molecular weight is 394 g/mol. The topological polar surface area (TPSA) is 84.1 Å². The minimum absolute atomic E-state index is 0.0436. The summed E-state index contributed by atoms with van der Waals surface area (Å²) in [5.74, 6) is -0.456. The van der Waals surface area contributed by atoms with Crippen LogP contribution >= 0.6 is 23.2 Å². The number of anilines is 1. The van der Waals surface area contributed by atoms with Crippen molar-refractivity contribution in [1.82, 2.24) is 4.57 Å². The summed E-state index contributed by atoms with van der Waals surface area (Å²) in [4.78, 5) is 25.3. The van der Waals surface area contributed by atoms with Gasteiger partial charge in [0.2, 0.25) is 5.91 Å². The minimum Gasteiger partial charge on any atom is -0.380 e. The molecule has 0 unspecified atom stereocenters. The fraction of sp³-hybridized carbons (Fsp3) is 0.278. The van der Waals surface area contributed by atoms with Gasteiger partial charge in [0.25, 0.3) is 5.56 Å². The summed E-state index contributed by atoms with van der Waals surface area (Å²) in [7, 11) is 1.48. The van der Waals surface area contributed by atoms with E-state index in [0.29, 0.717) is 27.0 Å². The highest BCUT2D eigenvalue weighted by molar-refractivity contribution is 6.35. The zero-order chi connectivity index (χ0) is 19.4. The number of rotatable bonds is 5. The first-order valence-electron chi connectivity index (χ1n) is 7.70. The van der Waals surface area contributed by atoms with Gasteiger partial charge in [-0.25, -0.2) is 0 Å². The molecule has 1 aromatic heterocycles. The predicted molar refractivity (Wildman–Crippen MR) is 101 cm³/mol. The van der Waals surface area contributed by atoms with Crippen LogP contribution in [0.4, 0.5) is 5.69 Å². The van der Waals surface area contributed by atoms with Gasteiger partial charge >= 0.3 is 0 Å². The Hall–Kier alpha value is -2.33. The molecule has 1 amide bonds. The van der Waals surface area contributed by atoms with Crippen LogP contribution in [-0.4, -0.2) is 17.6 Å². The molecule has 0 bridgehead atoms. The molecule has 0 aliphatic rings. The molecule has 0 aliphatic carbocycles. The summed E-state index contributed by atoms with van der Waals surface area (Å²) in [5.41, 5.74) is 0.788. The number of hydrogen-bond donors (Lipinski definition) is 1. The Morgan fingerprint density at radius 1 is 1.38 bits per heavy atom. The lowest BCUT2D eigenvalue weighted by Crippen LogP contribution is -2.35. The number of amides is 1. The normalized spacial score (nSPS) is 11.7. The van der Waals surface area contributed by atoms with Crippen LogP contribution in [0, 0.1) is 18.3 Å². The van der Waals surface area contributed by atoms with Crippen molar-refractivity contribution in [3.63, 3.8) is 0 Å². The molecule has 0 spiro atoms. The van der Waals surface area contributed by atoms with Gasteiger partial charge < -0.3 is 10.1 Å². The second-order valence-electron chi connectivity index (χ2n) is 5.70. The van der Waals surface area contributed by atoms with Crippen molar-refractivity contribution in [1.29, 1.82) is 5.26 Å². The SMILES string of the molecule is COCc1cc(C)n([C@H](C)C(=O)Nc2cc(Cl)ccc2Cl)c(=O)c1C#N. The summed E-state index contributed by atoms with van der Waals surface area (Å²) in [5, 5.41) is 12.7. The highest BCUT2D eigenvalue weighted by Gasteiger charge is 2.22. The number of nitrogens with zero attached hydrogens (tertiary/aromatic N) is 2. The van der Waals surface area contributed by atoms with Crippen molar-refractivity contribution in [3.8, 4) is 6.07 Å². The number of carbonyl (C=O) groups is 1. The zero-order valence-electron chi connectivity index (χ0n) is 14.5. The number of pyridine rings is 1. The lowest BCUT2D eigenvalue weighted by Gasteiger charge is -2.20. The zero-order valence-corrected chi connectivity index (χ0v) is 16.0. The monoisotopic (exact) mass is 393 g/mol. The summed E-state index contributed by atoms with van der Waals surface area (Å²) >= 11 is 12.0. The molecule has 2 aromatic rings. The lowest BCUT2D eigenvalue weighted by molar-refractivity contribution is -0.118. The Bertz CT molecular complexity index is 948. The third kappa shape index (κ3) is 4.07. The Kier molecular flexibility index (Phi) is 6.43. The van der Waals surface area contributed by atoms with Crippen molar-refractivity contribution in [2.24, 2.45) is 0 Å². The van der Waals surface area contributed by atoms with Gasteiger partial charge in [-0.2, -0.15) is 5.26 Å². The van der Waals surface area contributed by atoms with E-state index in [1.807, 2.05) is 6.07 Å². The van der Waals surface area contributed by atoms with E-state index in [1.54, 1.807) is 32.0 Å². The molecule has 26 heavy (non-hydrogen) atoms. The van der Waals surface area contributed by atoms with Gasteiger partial charge in [0.15, 0.2) is 0 Å². The molecule has 136 valence electrons. The summed E-state index contributed by atoms with van der Waals surface area (Å²) in [6.45, 7) is 3.40. The number of aryl methyl sites for hydroxylation is 1. The van der Waals surface area contributed by atoms with Crippen LogP contribution in [0.1, 0.15) is 29.8 Å². The molecule has 6 nitrogen and oxygen atoms in total. The van der Waals surface area contributed by atoms with Crippen molar-refractivity contribution < 1.29 is 9.53 Å². The van der Waals surface area contributed by atoms with Crippen molar-refractivity contribution in [2.75, 3.05) is 12.4 Å². The maximum absolute atomic E-state index is 12.7. The van der Waals surface area contributed by atoms with Gasteiger partial charge in [0.1, 0.15) is 17.7 Å². The number of halogens is 2. The van der Waals surface area contributed by atoms with Gasteiger partial charge in [-0.15, -0.1) is 0 Å². The van der Waals surface area contributed by atoms with Crippen LogP contribution in [0.3, 0.4) is 0 Å². The third-order valence-corrected chi connectivity index (χ3v) is 4.45. The van der Waals surface area contributed by atoms with E-state index in [4.69, 9.17) is 27.9 Å². The standard InChI is InChI=1S/C18H17Cl2N3O3/c1-10-6-12(9-26-3)14(8-21)18(25)23(10)11(2)17(24)22-16-7-13(19)4-5-15(16)20/h4-7,11H,9H2,1-3H3,(H,22,24)/t11-/m1/s1. The Morgan fingerprint density at radius 3 is 2.69 bits per heavy atom.